The van der Waals surface area contributed by atoms with Gasteiger partial charge in [0.05, 0.1) is 64.6 Å². The molecule has 0 aromatic heterocycles. The van der Waals surface area contributed by atoms with Crippen molar-refractivity contribution in [2.45, 2.75) is 29.4 Å². The van der Waals surface area contributed by atoms with E-state index in [-0.39, 0.29) is 26.8 Å². The van der Waals surface area contributed by atoms with Gasteiger partial charge in [0, 0.05) is 22.3 Å². The summed E-state index contributed by atoms with van der Waals surface area (Å²) in [7, 11) is -0.0986. The van der Waals surface area contributed by atoms with E-state index >= 15 is 0 Å². The first-order chi connectivity index (χ1) is 13.4. The molecule has 2 rings (SSSR count). The number of unbranched alkanes of at least 4 members (excludes halogenated alkanes) is 1. The Morgan fingerprint density at radius 2 is 1.90 bits per heavy atom. The van der Waals surface area contributed by atoms with Crippen LogP contribution in [-0.4, -0.2) is 74.6 Å². The third-order valence-corrected chi connectivity index (χ3v) is 7.94. The monoisotopic (exact) mass is 503 g/mol. The number of ether oxygens (including phenoxy) is 1. The number of likely N-dealkylation sites (N-methyl/N-ethyl adjacent to an activating group) is 1. The molecule has 0 saturated heterocycles. The molecule has 0 fully saturated rings. The Morgan fingerprint density at radius 1 is 1.21 bits per heavy atom. The lowest BCUT2D eigenvalue weighted by Gasteiger charge is -2.30. The molecule has 1 atom stereocenters. The number of Topliss-reactive ketones (excluding diaryl/α,β-unsaturated/α-hetero) is 1. The molecule has 0 spiro atoms. The molecule has 0 saturated carbocycles. The lowest BCUT2D eigenvalue weighted by Crippen LogP contribution is -2.43. The number of ketones is 1. The van der Waals surface area contributed by atoms with Crippen molar-refractivity contribution in [3.05, 3.63) is 26.7 Å². The summed E-state index contributed by atoms with van der Waals surface area (Å²) in [5, 5.41) is 0.872. The molecular formula is C18H24Cl3NO5S2. The zero-order valence-corrected chi connectivity index (χ0v) is 20.2. The lowest BCUT2D eigenvalue weighted by atomic mass is 10.1. The standard InChI is InChI=1S/C18H24Cl3NO5S2/c1-22(2,5-3-4-8-29(24,25)26)6-7-27-11-12-9-15(23)16-17(21)13(19)10-14(20)18(16)28-12/h10,12H,3-9,11H2,1-2H3. The quantitative estimate of drug-likeness (QED) is 0.206. The van der Waals surface area contributed by atoms with Crippen LogP contribution in [-0.2, 0) is 14.9 Å². The molecule has 11 heteroatoms. The van der Waals surface area contributed by atoms with Gasteiger partial charge in [-0.15, -0.1) is 11.8 Å². The molecule has 1 aromatic rings. The molecule has 1 aliphatic heterocycles. The fourth-order valence-electron chi connectivity index (χ4n) is 3.01. The highest BCUT2D eigenvalue weighted by molar-refractivity contribution is 8.00. The Kier molecular flexibility index (Phi) is 9.13. The Hall–Kier alpha value is -0.0600. The summed E-state index contributed by atoms with van der Waals surface area (Å²) in [4.78, 5) is 13.1. The van der Waals surface area contributed by atoms with Crippen molar-refractivity contribution in [1.82, 2.24) is 0 Å². The molecule has 1 aromatic carbocycles. The largest absolute Gasteiger partial charge is 0.748 e. The maximum Gasteiger partial charge on any atom is 0.166 e. The van der Waals surface area contributed by atoms with Crippen molar-refractivity contribution in [3.8, 4) is 0 Å². The third kappa shape index (κ3) is 7.85. The second-order valence-electron chi connectivity index (χ2n) is 7.65. The molecule has 1 unspecified atom stereocenters. The van der Waals surface area contributed by atoms with Crippen LogP contribution in [0.5, 0.6) is 0 Å². The Labute approximate surface area is 191 Å². The van der Waals surface area contributed by atoms with Crippen molar-refractivity contribution >= 4 is 62.5 Å². The van der Waals surface area contributed by atoms with Gasteiger partial charge < -0.3 is 13.8 Å². The number of nitrogens with zero attached hydrogens (tertiary/aromatic N) is 1. The molecule has 0 bridgehead atoms. The van der Waals surface area contributed by atoms with E-state index < -0.39 is 10.1 Å². The van der Waals surface area contributed by atoms with E-state index in [2.05, 4.69) is 0 Å². The fraction of sp³-hybridized carbons (Fsp3) is 0.611. The fourth-order valence-corrected chi connectivity index (χ4v) is 5.71. The van der Waals surface area contributed by atoms with Gasteiger partial charge in [-0.3, -0.25) is 4.79 Å². The summed E-state index contributed by atoms with van der Waals surface area (Å²) in [5.74, 6) is -0.415. The molecule has 0 aliphatic carbocycles. The smallest absolute Gasteiger partial charge is 0.166 e. The minimum atomic E-state index is -4.15. The summed E-state index contributed by atoms with van der Waals surface area (Å²) < 4.78 is 38.4. The molecule has 0 N–H and O–H groups in total. The minimum absolute atomic E-state index is 0.0531. The van der Waals surface area contributed by atoms with Crippen molar-refractivity contribution in [3.63, 3.8) is 0 Å². The van der Waals surface area contributed by atoms with Crippen molar-refractivity contribution in [1.29, 1.82) is 0 Å². The van der Waals surface area contributed by atoms with E-state index in [0.717, 1.165) is 13.1 Å². The average molecular weight is 505 g/mol. The van der Waals surface area contributed by atoms with Crippen molar-refractivity contribution < 1.29 is 27.0 Å². The van der Waals surface area contributed by atoms with E-state index in [1.807, 2.05) is 14.1 Å². The summed E-state index contributed by atoms with van der Waals surface area (Å²) in [6.07, 6.45) is 1.32. The van der Waals surface area contributed by atoms with Gasteiger partial charge in [-0.05, 0) is 18.9 Å². The van der Waals surface area contributed by atoms with E-state index in [0.29, 0.717) is 52.4 Å². The number of rotatable bonds is 10. The molecule has 1 aliphatic rings. The summed E-state index contributed by atoms with van der Waals surface area (Å²) in [6.45, 7) is 2.38. The second kappa shape index (κ2) is 10.5. The zero-order chi connectivity index (χ0) is 21.8. The van der Waals surface area contributed by atoms with Crippen LogP contribution in [0, 0.1) is 0 Å². The first kappa shape index (κ1) is 25.2. The van der Waals surface area contributed by atoms with Gasteiger partial charge in [0.2, 0.25) is 0 Å². The molecule has 29 heavy (non-hydrogen) atoms. The van der Waals surface area contributed by atoms with Crippen LogP contribution in [0.2, 0.25) is 15.1 Å². The summed E-state index contributed by atoms with van der Waals surface area (Å²) >= 11 is 19.9. The number of halogens is 3. The predicted octanol–water partition coefficient (Wildman–Crippen LogP) is 4.11. The molecule has 6 nitrogen and oxygen atoms in total. The average Bonchev–Trinajstić information content (AvgIpc) is 2.59. The first-order valence-corrected chi connectivity index (χ1v) is 12.7. The van der Waals surface area contributed by atoms with E-state index in [9.17, 15) is 17.8 Å². The van der Waals surface area contributed by atoms with Gasteiger partial charge >= 0.3 is 0 Å². The highest BCUT2D eigenvalue weighted by atomic mass is 35.5. The van der Waals surface area contributed by atoms with E-state index in [1.165, 1.54) is 11.8 Å². The van der Waals surface area contributed by atoms with Crippen LogP contribution >= 0.6 is 46.6 Å². The number of quaternary nitrogens is 1. The maximum absolute atomic E-state index is 12.5. The van der Waals surface area contributed by atoms with Crippen molar-refractivity contribution in [2.24, 2.45) is 0 Å². The number of fused-ring (bicyclic) bond motifs is 1. The van der Waals surface area contributed by atoms with E-state index in [1.54, 1.807) is 6.07 Å². The summed E-state index contributed by atoms with van der Waals surface area (Å²) in [5.41, 5.74) is 0.392. The van der Waals surface area contributed by atoms with Gasteiger partial charge in [-0.1, -0.05) is 34.8 Å². The van der Waals surface area contributed by atoms with E-state index in [4.69, 9.17) is 39.5 Å². The van der Waals surface area contributed by atoms with Gasteiger partial charge in [-0.2, -0.15) is 0 Å². The van der Waals surface area contributed by atoms with Crippen LogP contribution in [0.1, 0.15) is 29.6 Å². The van der Waals surface area contributed by atoms with Crippen LogP contribution in [0.4, 0.5) is 0 Å². The number of thioether (sulfide) groups is 1. The van der Waals surface area contributed by atoms with Gasteiger partial charge in [0.1, 0.15) is 6.54 Å². The Balaban J connectivity index is 1.79. The topological polar surface area (TPSA) is 83.5 Å². The Morgan fingerprint density at radius 3 is 2.55 bits per heavy atom. The van der Waals surface area contributed by atoms with Crippen LogP contribution in [0.25, 0.3) is 0 Å². The number of carbonyl (C=O) groups is 1. The Bertz CT molecular complexity index is 862. The summed E-state index contributed by atoms with van der Waals surface area (Å²) in [6, 6.07) is 1.55. The van der Waals surface area contributed by atoms with Gasteiger partial charge in [0.25, 0.3) is 0 Å². The molecule has 1 heterocycles. The van der Waals surface area contributed by atoms with Crippen molar-refractivity contribution in [2.75, 3.05) is 46.2 Å². The lowest BCUT2D eigenvalue weighted by molar-refractivity contribution is -0.890. The molecule has 164 valence electrons. The SMILES string of the molecule is C[N+](C)(CCCCS(=O)(=O)[O-])CCOCC1CC(=O)c2c(Cl)c(Cl)cc(Cl)c2S1. The molecule has 0 amide bonds. The highest BCUT2D eigenvalue weighted by Gasteiger charge is 2.31. The predicted molar refractivity (Wildman–Crippen MR) is 117 cm³/mol. The highest BCUT2D eigenvalue weighted by Crippen LogP contribution is 2.45. The second-order valence-corrected chi connectivity index (χ2v) is 11.7. The molecule has 0 radical (unpaired) electrons. The number of benzene rings is 1. The third-order valence-electron chi connectivity index (χ3n) is 4.66. The first-order valence-electron chi connectivity index (χ1n) is 9.10. The number of carbonyl (C=O) groups excluding carboxylic acids is 1. The van der Waals surface area contributed by atoms with Gasteiger partial charge in [-0.25, -0.2) is 8.42 Å². The molecular weight excluding hydrogens is 481 g/mol. The number of hydrogen-bond acceptors (Lipinski definition) is 6. The normalized spacial score (nSPS) is 17.4. The maximum atomic E-state index is 12.5. The van der Waals surface area contributed by atoms with Crippen LogP contribution < -0.4 is 0 Å². The minimum Gasteiger partial charge on any atom is -0.748 e. The van der Waals surface area contributed by atoms with Crippen LogP contribution in [0.15, 0.2) is 11.0 Å². The van der Waals surface area contributed by atoms with Crippen LogP contribution in [0.3, 0.4) is 0 Å². The zero-order valence-electron chi connectivity index (χ0n) is 16.3. The van der Waals surface area contributed by atoms with Gasteiger partial charge in [0.15, 0.2) is 5.78 Å². The number of hydrogen-bond donors (Lipinski definition) is 0.